The van der Waals surface area contributed by atoms with Gasteiger partial charge in [0.05, 0.1) is 0 Å². The van der Waals surface area contributed by atoms with E-state index < -0.39 is 0 Å². The first-order valence-electron chi connectivity index (χ1n) is 4.07. The van der Waals surface area contributed by atoms with Gasteiger partial charge in [0.15, 0.2) is 0 Å². The van der Waals surface area contributed by atoms with Crippen molar-refractivity contribution in [3.8, 4) is 0 Å². The van der Waals surface area contributed by atoms with Crippen molar-refractivity contribution in [1.29, 1.82) is 0 Å². The molecule has 1 aromatic heterocycles. The fraction of sp³-hybridized carbons (Fsp3) is 0.500. The average Bonchev–Trinajstić information content (AvgIpc) is 2.19. The van der Waals surface area contributed by atoms with Crippen molar-refractivity contribution < 1.29 is 5.11 Å². The van der Waals surface area contributed by atoms with Gasteiger partial charge in [-0.25, -0.2) is 9.97 Å². The fourth-order valence-corrected chi connectivity index (χ4v) is 1.23. The fourth-order valence-electron chi connectivity index (χ4n) is 0.843. The Morgan fingerprint density at radius 3 is 3.08 bits per heavy atom. The lowest BCUT2D eigenvalue weighted by molar-refractivity contribution is 0.292. The summed E-state index contributed by atoms with van der Waals surface area (Å²) in [6.45, 7) is 0.939. The number of nitrogens with zero attached hydrogens (tertiary/aromatic N) is 2. The van der Waals surface area contributed by atoms with Crippen molar-refractivity contribution in [2.45, 2.75) is 11.4 Å². The Morgan fingerprint density at radius 2 is 2.38 bits per heavy atom. The third kappa shape index (κ3) is 3.61. The molecule has 0 unspecified atom stereocenters. The van der Waals surface area contributed by atoms with E-state index in [9.17, 15) is 0 Å². The molecule has 13 heavy (non-hydrogen) atoms. The first-order valence-corrected chi connectivity index (χ1v) is 5.30. The van der Waals surface area contributed by atoms with Gasteiger partial charge in [-0.3, -0.25) is 0 Å². The number of aliphatic hydroxyl groups is 1. The number of anilines is 1. The van der Waals surface area contributed by atoms with Gasteiger partial charge in [0, 0.05) is 19.2 Å². The second kappa shape index (κ2) is 5.77. The van der Waals surface area contributed by atoms with Crippen LogP contribution < -0.4 is 5.32 Å². The second-order valence-electron chi connectivity index (χ2n) is 2.45. The summed E-state index contributed by atoms with van der Waals surface area (Å²) in [6, 6.07) is 1.89. The van der Waals surface area contributed by atoms with Gasteiger partial charge in [0.25, 0.3) is 0 Å². The van der Waals surface area contributed by atoms with E-state index in [1.54, 1.807) is 11.8 Å². The van der Waals surface area contributed by atoms with Crippen molar-refractivity contribution in [2.75, 3.05) is 24.7 Å². The highest BCUT2D eigenvalue weighted by atomic mass is 32.2. The molecular weight excluding hydrogens is 186 g/mol. The van der Waals surface area contributed by atoms with Gasteiger partial charge >= 0.3 is 0 Å². The molecule has 0 aromatic carbocycles. The van der Waals surface area contributed by atoms with E-state index in [-0.39, 0.29) is 6.61 Å². The monoisotopic (exact) mass is 199 g/mol. The maximum atomic E-state index is 8.57. The zero-order valence-electron chi connectivity index (χ0n) is 7.53. The summed E-state index contributed by atoms with van der Waals surface area (Å²) in [5, 5.41) is 12.6. The normalized spacial score (nSPS) is 10.0. The Labute approximate surface area is 81.8 Å². The highest BCUT2D eigenvalue weighted by molar-refractivity contribution is 7.98. The third-order valence-electron chi connectivity index (χ3n) is 1.49. The van der Waals surface area contributed by atoms with E-state index in [4.69, 9.17) is 5.11 Å². The minimum absolute atomic E-state index is 0.202. The zero-order valence-corrected chi connectivity index (χ0v) is 8.34. The lowest BCUT2D eigenvalue weighted by atomic mass is 10.4. The molecule has 2 N–H and O–H groups in total. The van der Waals surface area contributed by atoms with Crippen LogP contribution in [0.2, 0.25) is 0 Å². The van der Waals surface area contributed by atoms with Crippen LogP contribution in [0.1, 0.15) is 6.42 Å². The van der Waals surface area contributed by atoms with Crippen molar-refractivity contribution in [2.24, 2.45) is 0 Å². The lowest BCUT2D eigenvalue weighted by Gasteiger charge is -2.04. The predicted octanol–water partition coefficient (Wildman–Crippen LogP) is 0.993. The molecule has 1 rings (SSSR count). The van der Waals surface area contributed by atoms with E-state index in [0.29, 0.717) is 0 Å². The van der Waals surface area contributed by atoms with Gasteiger partial charge < -0.3 is 10.4 Å². The van der Waals surface area contributed by atoms with Gasteiger partial charge in [-0.15, -0.1) is 11.8 Å². The minimum Gasteiger partial charge on any atom is -0.396 e. The molecule has 0 aliphatic carbocycles. The highest BCUT2D eigenvalue weighted by Gasteiger charge is 1.95. The Bertz CT molecular complexity index is 257. The van der Waals surface area contributed by atoms with Gasteiger partial charge in [0.1, 0.15) is 17.2 Å². The van der Waals surface area contributed by atoms with E-state index >= 15 is 0 Å². The number of thioether (sulfide) groups is 1. The largest absolute Gasteiger partial charge is 0.396 e. The summed E-state index contributed by atoms with van der Waals surface area (Å²) >= 11 is 1.58. The van der Waals surface area contributed by atoms with Gasteiger partial charge in [-0.2, -0.15) is 0 Å². The maximum absolute atomic E-state index is 8.57. The van der Waals surface area contributed by atoms with Crippen LogP contribution in [0, 0.1) is 0 Å². The summed E-state index contributed by atoms with van der Waals surface area (Å²) in [7, 11) is 0. The molecule has 0 aliphatic rings. The molecule has 0 amide bonds. The highest BCUT2D eigenvalue weighted by Crippen LogP contribution is 2.13. The van der Waals surface area contributed by atoms with Gasteiger partial charge in [0.2, 0.25) is 0 Å². The molecular formula is C8H13N3OS. The summed E-state index contributed by atoms with van der Waals surface area (Å²) in [5.41, 5.74) is 0. The number of hydrogen-bond acceptors (Lipinski definition) is 5. The summed E-state index contributed by atoms with van der Waals surface area (Å²) in [5.74, 6) is 0.813. The summed E-state index contributed by atoms with van der Waals surface area (Å²) in [4.78, 5) is 8.09. The molecule has 0 atom stereocenters. The van der Waals surface area contributed by atoms with Crippen LogP contribution in [-0.4, -0.2) is 34.5 Å². The van der Waals surface area contributed by atoms with Crippen molar-refractivity contribution in [3.63, 3.8) is 0 Å². The average molecular weight is 199 g/mol. The number of aliphatic hydroxyl groups excluding tert-OH is 1. The smallest absolute Gasteiger partial charge is 0.130 e. The predicted molar refractivity (Wildman–Crippen MR) is 54.0 cm³/mol. The van der Waals surface area contributed by atoms with Crippen LogP contribution in [0.3, 0.4) is 0 Å². The quantitative estimate of drug-likeness (QED) is 0.421. The molecule has 72 valence electrons. The van der Waals surface area contributed by atoms with Gasteiger partial charge in [-0.1, -0.05) is 0 Å². The van der Waals surface area contributed by atoms with Gasteiger partial charge in [-0.05, 0) is 12.7 Å². The van der Waals surface area contributed by atoms with Crippen molar-refractivity contribution >= 4 is 17.6 Å². The van der Waals surface area contributed by atoms with E-state index in [2.05, 4.69) is 15.3 Å². The van der Waals surface area contributed by atoms with E-state index in [1.165, 1.54) is 6.33 Å². The second-order valence-corrected chi connectivity index (χ2v) is 3.28. The van der Waals surface area contributed by atoms with Crippen LogP contribution >= 0.6 is 11.8 Å². The molecule has 0 radical (unpaired) electrons. The summed E-state index contributed by atoms with van der Waals surface area (Å²) in [6.07, 6.45) is 4.24. The SMILES string of the molecule is CSc1cc(NCCCO)ncn1. The van der Waals surface area contributed by atoms with E-state index in [0.717, 1.165) is 23.8 Å². The molecule has 4 nitrogen and oxygen atoms in total. The van der Waals surface area contributed by atoms with Crippen LogP contribution in [0.25, 0.3) is 0 Å². The number of hydrogen-bond donors (Lipinski definition) is 2. The molecule has 0 fully saturated rings. The molecule has 0 aliphatic heterocycles. The topological polar surface area (TPSA) is 58.0 Å². The third-order valence-corrected chi connectivity index (χ3v) is 2.13. The van der Waals surface area contributed by atoms with Crippen LogP contribution in [0.5, 0.6) is 0 Å². The lowest BCUT2D eigenvalue weighted by Crippen LogP contribution is -2.05. The Kier molecular flexibility index (Phi) is 4.56. The van der Waals surface area contributed by atoms with Crippen molar-refractivity contribution in [3.05, 3.63) is 12.4 Å². The first-order chi connectivity index (χ1) is 6.36. The van der Waals surface area contributed by atoms with Crippen LogP contribution in [0.15, 0.2) is 17.4 Å². The Balaban J connectivity index is 2.46. The van der Waals surface area contributed by atoms with E-state index in [1.807, 2.05) is 12.3 Å². The molecule has 0 bridgehead atoms. The number of aromatic nitrogens is 2. The first kappa shape index (κ1) is 10.3. The zero-order chi connectivity index (χ0) is 9.52. The van der Waals surface area contributed by atoms with Crippen LogP contribution in [0.4, 0.5) is 5.82 Å². The van der Waals surface area contributed by atoms with Crippen LogP contribution in [-0.2, 0) is 0 Å². The Morgan fingerprint density at radius 1 is 1.54 bits per heavy atom. The standard InChI is InChI=1S/C8H13N3OS/c1-13-8-5-7(10-6-11-8)9-3-2-4-12/h5-6,12H,2-4H2,1H3,(H,9,10,11). The Hall–Kier alpha value is -0.810. The number of nitrogens with one attached hydrogen (secondary N) is 1. The summed E-state index contributed by atoms with van der Waals surface area (Å²) < 4.78 is 0. The molecule has 5 heteroatoms. The molecule has 1 heterocycles. The molecule has 0 spiro atoms. The molecule has 0 saturated carbocycles. The molecule has 1 aromatic rings. The minimum atomic E-state index is 0.202. The maximum Gasteiger partial charge on any atom is 0.130 e. The number of rotatable bonds is 5. The molecule has 0 saturated heterocycles. The van der Waals surface area contributed by atoms with Crippen molar-refractivity contribution in [1.82, 2.24) is 9.97 Å².